The predicted octanol–water partition coefficient (Wildman–Crippen LogP) is 5.55. The molecule has 0 fully saturated rings. The first kappa shape index (κ1) is 23.5. The first-order valence-electron chi connectivity index (χ1n) is 11.0. The van der Waals surface area contributed by atoms with Crippen LogP contribution in [-0.4, -0.2) is 24.5 Å². The first-order valence-corrected chi connectivity index (χ1v) is 11.0. The highest BCUT2D eigenvalue weighted by atomic mass is 19.1. The van der Waals surface area contributed by atoms with Gasteiger partial charge in [0.25, 0.3) is 5.91 Å². The summed E-state index contributed by atoms with van der Waals surface area (Å²) in [5.74, 6) is 1.32. The molecule has 1 heterocycles. The molecule has 0 atom stereocenters. The molecule has 0 aliphatic carbocycles. The van der Waals surface area contributed by atoms with Crippen LogP contribution in [0, 0.1) is 5.82 Å². The average molecular weight is 439 g/mol. The van der Waals surface area contributed by atoms with Crippen LogP contribution in [0.25, 0.3) is 0 Å². The zero-order valence-corrected chi connectivity index (χ0v) is 18.8. The summed E-state index contributed by atoms with van der Waals surface area (Å²) < 4.78 is 24.9. The lowest BCUT2D eigenvalue weighted by Gasteiger charge is -2.22. The highest BCUT2D eigenvalue weighted by Gasteiger charge is 2.15. The molecular weight excluding hydrogens is 407 g/mol. The van der Waals surface area contributed by atoms with Crippen LogP contribution < -0.4 is 10.1 Å². The van der Waals surface area contributed by atoms with Gasteiger partial charge >= 0.3 is 0 Å². The van der Waals surface area contributed by atoms with Gasteiger partial charge in [-0.05, 0) is 53.9 Å². The maximum absolute atomic E-state index is 13.7. The van der Waals surface area contributed by atoms with Crippen molar-refractivity contribution < 1.29 is 18.3 Å². The van der Waals surface area contributed by atoms with Crippen LogP contribution in [0.1, 0.15) is 53.6 Å². The highest BCUT2D eigenvalue weighted by molar-refractivity contribution is 5.91. The lowest BCUT2D eigenvalue weighted by atomic mass is 10.1. The summed E-state index contributed by atoms with van der Waals surface area (Å²) in [6.45, 7) is 4.41. The molecular formula is C26H31FN2O3. The van der Waals surface area contributed by atoms with Crippen molar-refractivity contribution in [1.82, 2.24) is 10.2 Å². The van der Waals surface area contributed by atoms with Gasteiger partial charge in [-0.15, -0.1) is 0 Å². The molecule has 32 heavy (non-hydrogen) atoms. The number of ether oxygens (including phenoxy) is 1. The number of amides is 1. The van der Waals surface area contributed by atoms with Crippen molar-refractivity contribution in [3.8, 4) is 5.75 Å². The van der Waals surface area contributed by atoms with Gasteiger partial charge in [-0.1, -0.05) is 44.0 Å². The van der Waals surface area contributed by atoms with Gasteiger partial charge in [-0.2, -0.15) is 0 Å². The normalized spacial score (nSPS) is 11.0. The number of carbonyl (C=O) groups is 1. The smallest absolute Gasteiger partial charge is 0.286 e. The lowest BCUT2D eigenvalue weighted by Crippen LogP contribution is -2.24. The van der Waals surface area contributed by atoms with Crippen molar-refractivity contribution in [2.45, 2.75) is 45.8 Å². The Balaban J connectivity index is 1.70. The number of hydrogen-bond acceptors (Lipinski definition) is 4. The van der Waals surface area contributed by atoms with Crippen molar-refractivity contribution in [2.75, 3.05) is 13.7 Å². The van der Waals surface area contributed by atoms with Crippen LogP contribution in [0.4, 0.5) is 4.39 Å². The number of halogens is 1. The van der Waals surface area contributed by atoms with E-state index in [1.165, 1.54) is 12.1 Å². The van der Waals surface area contributed by atoms with E-state index in [9.17, 15) is 9.18 Å². The van der Waals surface area contributed by atoms with Crippen LogP contribution in [-0.2, 0) is 19.6 Å². The molecule has 0 saturated heterocycles. The molecule has 0 spiro atoms. The van der Waals surface area contributed by atoms with Crippen LogP contribution in [0.5, 0.6) is 5.75 Å². The standard InChI is InChI=1S/C26H31FN2O3/c1-3-4-5-14-28-26(30)25-13-12-24(32-25)19-29(17-20-8-6-10-22(27)15-20)18-21-9-7-11-23(16-21)31-2/h6-13,15-16H,3-5,14,17-19H2,1-2H3,(H,28,30). The Morgan fingerprint density at radius 3 is 2.47 bits per heavy atom. The highest BCUT2D eigenvalue weighted by Crippen LogP contribution is 2.19. The van der Waals surface area contributed by atoms with Crippen LogP contribution in [0.15, 0.2) is 65.1 Å². The van der Waals surface area contributed by atoms with E-state index in [4.69, 9.17) is 9.15 Å². The van der Waals surface area contributed by atoms with Crippen molar-refractivity contribution >= 4 is 5.91 Å². The molecule has 3 rings (SSSR count). The molecule has 1 amide bonds. The third kappa shape index (κ3) is 7.24. The van der Waals surface area contributed by atoms with Gasteiger partial charge in [0, 0.05) is 19.6 Å². The number of hydrogen-bond donors (Lipinski definition) is 1. The van der Waals surface area contributed by atoms with Crippen molar-refractivity contribution in [3.05, 3.63) is 89.1 Å². The zero-order valence-electron chi connectivity index (χ0n) is 18.8. The first-order chi connectivity index (χ1) is 15.6. The number of benzene rings is 2. The number of nitrogens with zero attached hydrogens (tertiary/aromatic N) is 1. The summed E-state index contributed by atoms with van der Waals surface area (Å²) in [5, 5.41) is 2.90. The van der Waals surface area contributed by atoms with E-state index in [-0.39, 0.29) is 11.7 Å². The van der Waals surface area contributed by atoms with Crippen molar-refractivity contribution in [3.63, 3.8) is 0 Å². The summed E-state index contributed by atoms with van der Waals surface area (Å²) in [7, 11) is 1.64. The fourth-order valence-electron chi connectivity index (χ4n) is 3.56. The third-order valence-corrected chi connectivity index (χ3v) is 5.17. The largest absolute Gasteiger partial charge is 0.497 e. The molecule has 5 nitrogen and oxygen atoms in total. The number of rotatable bonds is 12. The number of carbonyl (C=O) groups excluding carboxylic acids is 1. The van der Waals surface area contributed by atoms with Crippen LogP contribution >= 0.6 is 0 Å². The molecule has 3 aromatic rings. The Hall–Kier alpha value is -3.12. The second-order valence-electron chi connectivity index (χ2n) is 7.86. The summed E-state index contributed by atoms with van der Waals surface area (Å²) >= 11 is 0. The molecule has 0 aliphatic heterocycles. The molecule has 1 N–H and O–H groups in total. The van der Waals surface area contributed by atoms with Gasteiger partial charge in [-0.25, -0.2) is 4.39 Å². The molecule has 170 valence electrons. The van der Waals surface area contributed by atoms with Gasteiger partial charge in [0.1, 0.15) is 17.3 Å². The van der Waals surface area contributed by atoms with E-state index in [0.717, 1.165) is 36.1 Å². The van der Waals surface area contributed by atoms with E-state index in [2.05, 4.69) is 17.1 Å². The fourth-order valence-corrected chi connectivity index (χ4v) is 3.56. The minimum atomic E-state index is -0.260. The molecule has 0 bridgehead atoms. The molecule has 6 heteroatoms. The molecule has 0 radical (unpaired) electrons. The van der Waals surface area contributed by atoms with Gasteiger partial charge in [-0.3, -0.25) is 9.69 Å². The third-order valence-electron chi connectivity index (χ3n) is 5.17. The summed E-state index contributed by atoms with van der Waals surface area (Å²) in [6.07, 6.45) is 3.15. The van der Waals surface area contributed by atoms with Crippen molar-refractivity contribution in [2.24, 2.45) is 0 Å². The van der Waals surface area contributed by atoms with Gasteiger partial charge in [0.15, 0.2) is 5.76 Å². The van der Waals surface area contributed by atoms with Crippen LogP contribution in [0.2, 0.25) is 0 Å². The van der Waals surface area contributed by atoms with E-state index in [1.807, 2.05) is 36.4 Å². The Kier molecular flexibility index (Phi) is 8.87. The van der Waals surface area contributed by atoms with Crippen molar-refractivity contribution in [1.29, 1.82) is 0 Å². The Labute approximate surface area is 189 Å². The topological polar surface area (TPSA) is 54.7 Å². The molecule has 1 aromatic heterocycles. The Morgan fingerprint density at radius 1 is 1.00 bits per heavy atom. The summed E-state index contributed by atoms with van der Waals surface area (Å²) in [5.41, 5.74) is 1.94. The predicted molar refractivity (Wildman–Crippen MR) is 123 cm³/mol. The SMILES string of the molecule is CCCCCNC(=O)c1ccc(CN(Cc2cccc(F)c2)Cc2cccc(OC)c2)o1. The van der Waals surface area contributed by atoms with Crippen LogP contribution in [0.3, 0.4) is 0 Å². The van der Waals surface area contributed by atoms with E-state index in [1.54, 1.807) is 19.2 Å². The Morgan fingerprint density at radius 2 is 1.75 bits per heavy atom. The number of methoxy groups -OCH3 is 1. The zero-order chi connectivity index (χ0) is 22.8. The summed E-state index contributed by atoms with van der Waals surface area (Å²) in [6, 6.07) is 18.0. The van der Waals surface area contributed by atoms with Gasteiger partial charge in [0.2, 0.25) is 0 Å². The monoisotopic (exact) mass is 438 g/mol. The van der Waals surface area contributed by atoms with E-state index in [0.29, 0.717) is 37.7 Å². The fraction of sp³-hybridized carbons (Fsp3) is 0.346. The number of nitrogens with one attached hydrogen (secondary N) is 1. The average Bonchev–Trinajstić information content (AvgIpc) is 3.25. The van der Waals surface area contributed by atoms with E-state index >= 15 is 0 Å². The number of unbranched alkanes of at least 4 members (excludes halogenated alkanes) is 2. The maximum Gasteiger partial charge on any atom is 0.286 e. The Bertz CT molecular complexity index is 1000. The second-order valence-corrected chi connectivity index (χ2v) is 7.86. The minimum Gasteiger partial charge on any atom is -0.497 e. The summed E-state index contributed by atoms with van der Waals surface area (Å²) in [4.78, 5) is 14.5. The molecule has 0 aliphatic rings. The molecule has 0 unspecified atom stereocenters. The minimum absolute atomic E-state index is 0.197. The van der Waals surface area contributed by atoms with E-state index < -0.39 is 0 Å². The molecule has 2 aromatic carbocycles. The second kappa shape index (κ2) is 12.1. The molecule has 0 saturated carbocycles. The lowest BCUT2D eigenvalue weighted by molar-refractivity contribution is 0.0920. The quantitative estimate of drug-likeness (QED) is 0.377. The maximum atomic E-state index is 13.7. The van der Waals surface area contributed by atoms with Gasteiger partial charge < -0.3 is 14.5 Å². The number of furan rings is 1. The van der Waals surface area contributed by atoms with Gasteiger partial charge in [0.05, 0.1) is 13.7 Å².